The van der Waals surface area contributed by atoms with Crippen molar-refractivity contribution in [3.8, 4) is 0 Å². The summed E-state index contributed by atoms with van der Waals surface area (Å²) in [7, 11) is -1.44. The van der Waals surface area contributed by atoms with E-state index in [2.05, 4.69) is 4.90 Å². The summed E-state index contributed by atoms with van der Waals surface area (Å²) >= 11 is 0. The molecule has 0 aromatic heterocycles. The Bertz CT molecular complexity index is 688. The largest absolute Gasteiger partial charge is 0.340 e. The summed E-state index contributed by atoms with van der Waals surface area (Å²) in [4.78, 5) is 16.2. The first-order chi connectivity index (χ1) is 11.8. The third-order valence-corrected chi connectivity index (χ3v) is 5.79. The topological polar surface area (TPSA) is 60.9 Å². The molecule has 1 aromatic carbocycles. The molecule has 6 nitrogen and oxygen atoms in total. The van der Waals surface area contributed by atoms with Crippen LogP contribution in [0.1, 0.15) is 12.0 Å². The first-order valence-electron chi connectivity index (χ1n) is 8.42. The number of hydrogen-bond donors (Lipinski definition) is 0. The van der Waals surface area contributed by atoms with Crippen LogP contribution in [0.15, 0.2) is 24.3 Å². The van der Waals surface area contributed by atoms with Gasteiger partial charge in [-0.25, -0.2) is 17.1 Å². The van der Waals surface area contributed by atoms with Crippen LogP contribution in [0.5, 0.6) is 0 Å². The molecule has 0 saturated carbocycles. The van der Waals surface area contributed by atoms with Crippen LogP contribution in [0, 0.1) is 5.82 Å². The van der Waals surface area contributed by atoms with Gasteiger partial charge in [0.15, 0.2) is 0 Å². The lowest BCUT2D eigenvalue weighted by Gasteiger charge is -2.33. The molecule has 1 amide bonds. The van der Waals surface area contributed by atoms with Crippen LogP contribution in [0.3, 0.4) is 0 Å². The SMILES string of the molecule is CN1CCN(C(=O)CCN(CCc2ccccc2F)S(C)(=O)=O)CC1. The molecule has 0 spiro atoms. The molecule has 0 radical (unpaired) electrons. The predicted molar refractivity (Wildman–Crippen MR) is 95.2 cm³/mol. The lowest BCUT2D eigenvalue weighted by atomic mass is 10.1. The standard InChI is InChI=1S/C17H26FN3O3S/c1-19-11-13-20(14-12-19)17(22)8-10-21(25(2,23)24)9-7-15-5-3-4-6-16(15)18/h3-6H,7-14H2,1-2H3. The number of carbonyl (C=O) groups excluding carboxylic acids is 1. The van der Waals surface area contributed by atoms with Crippen molar-refractivity contribution in [3.63, 3.8) is 0 Å². The Kier molecular flexibility index (Phi) is 6.92. The zero-order valence-electron chi connectivity index (χ0n) is 14.8. The van der Waals surface area contributed by atoms with Gasteiger partial charge in [-0.2, -0.15) is 0 Å². The van der Waals surface area contributed by atoms with Crippen LogP contribution in [-0.4, -0.2) is 81.0 Å². The fourth-order valence-corrected chi connectivity index (χ4v) is 3.67. The zero-order valence-corrected chi connectivity index (χ0v) is 15.6. The van der Waals surface area contributed by atoms with Crippen molar-refractivity contribution in [3.05, 3.63) is 35.6 Å². The fourth-order valence-electron chi connectivity index (χ4n) is 2.82. The fraction of sp³-hybridized carbons (Fsp3) is 0.588. The van der Waals surface area contributed by atoms with Crippen molar-refractivity contribution >= 4 is 15.9 Å². The maximum absolute atomic E-state index is 13.7. The molecular weight excluding hydrogens is 345 g/mol. The number of nitrogens with zero attached hydrogens (tertiary/aromatic N) is 3. The second-order valence-corrected chi connectivity index (χ2v) is 8.42. The molecule has 1 fully saturated rings. The number of likely N-dealkylation sites (N-methyl/N-ethyl adjacent to an activating group) is 1. The van der Waals surface area contributed by atoms with Crippen LogP contribution in [0.2, 0.25) is 0 Å². The van der Waals surface area contributed by atoms with Crippen LogP contribution >= 0.6 is 0 Å². The zero-order chi connectivity index (χ0) is 18.4. The second kappa shape index (κ2) is 8.73. The van der Waals surface area contributed by atoms with E-state index in [-0.39, 0.29) is 37.7 Å². The van der Waals surface area contributed by atoms with Gasteiger partial charge in [-0.15, -0.1) is 0 Å². The number of halogens is 1. The summed E-state index contributed by atoms with van der Waals surface area (Å²) in [6.45, 7) is 3.28. The molecular formula is C17H26FN3O3S. The third kappa shape index (κ3) is 6.05. The third-order valence-electron chi connectivity index (χ3n) is 4.49. The first-order valence-corrected chi connectivity index (χ1v) is 10.3. The number of carbonyl (C=O) groups is 1. The Hall–Kier alpha value is -1.51. The van der Waals surface area contributed by atoms with Crippen LogP contribution in [-0.2, 0) is 21.2 Å². The highest BCUT2D eigenvalue weighted by molar-refractivity contribution is 7.88. The van der Waals surface area contributed by atoms with Crippen molar-refractivity contribution in [1.29, 1.82) is 0 Å². The Labute approximate surface area is 149 Å². The maximum Gasteiger partial charge on any atom is 0.223 e. The van der Waals surface area contributed by atoms with Gasteiger partial charge in [0, 0.05) is 45.7 Å². The van der Waals surface area contributed by atoms with Crippen molar-refractivity contribution in [2.75, 3.05) is 52.6 Å². The van der Waals surface area contributed by atoms with Gasteiger partial charge in [-0.3, -0.25) is 4.79 Å². The molecule has 1 aliphatic heterocycles. The van der Waals surface area contributed by atoms with Crippen molar-refractivity contribution in [1.82, 2.24) is 14.1 Å². The summed E-state index contributed by atoms with van der Waals surface area (Å²) in [6, 6.07) is 6.32. The normalized spacial score (nSPS) is 16.4. The highest BCUT2D eigenvalue weighted by Gasteiger charge is 2.22. The molecule has 140 valence electrons. The number of benzene rings is 1. The van der Waals surface area contributed by atoms with E-state index in [0.717, 1.165) is 19.3 Å². The smallest absolute Gasteiger partial charge is 0.223 e. The molecule has 0 aliphatic carbocycles. The molecule has 8 heteroatoms. The van der Waals surface area contributed by atoms with Gasteiger partial charge in [0.25, 0.3) is 0 Å². The Morgan fingerprint density at radius 2 is 1.80 bits per heavy atom. The van der Waals surface area contributed by atoms with Crippen LogP contribution in [0.4, 0.5) is 4.39 Å². The van der Waals surface area contributed by atoms with E-state index < -0.39 is 10.0 Å². The Morgan fingerprint density at radius 1 is 1.16 bits per heavy atom. The van der Waals surface area contributed by atoms with Gasteiger partial charge in [0.2, 0.25) is 15.9 Å². The number of sulfonamides is 1. The Morgan fingerprint density at radius 3 is 2.40 bits per heavy atom. The molecule has 25 heavy (non-hydrogen) atoms. The summed E-state index contributed by atoms with van der Waals surface area (Å²) in [5, 5.41) is 0. The number of hydrogen-bond acceptors (Lipinski definition) is 4. The number of piperazine rings is 1. The van der Waals surface area contributed by atoms with Gasteiger partial charge in [0.1, 0.15) is 5.82 Å². The first kappa shape index (κ1) is 19.8. The van der Waals surface area contributed by atoms with E-state index in [9.17, 15) is 17.6 Å². The maximum atomic E-state index is 13.7. The quantitative estimate of drug-likeness (QED) is 0.711. The average Bonchev–Trinajstić information content (AvgIpc) is 2.55. The molecule has 1 aromatic rings. The molecule has 0 N–H and O–H groups in total. The summed E-state index contributed by atoms with van der Waals surface area (Å²) in [5.41, 5.74) is 0.474. The molecule has 1 heterocycles. The van der Waals surface area contributed by atoms with E-state index in [1.807, 2.05) is 7.05 Å². The predicted octanol–water partition coefficient (Wildman–Crippen LogP) is 0.794. The van der Waals surface area contributed by atoms with Crippen molar-refractivity contribution in [2.45, 2.75) is 12.8 Å². The van der Waals surface area contributed by atoms with E-state index >= 15 is 0 Å². The van der Waals surface area contributed by atoms with Gasteiger partial charge in [-0.05, 0) is 25.1 Å². The monoisotopic (exact) mass is 371 g/mol. The van der Waals surface area contributed by atoms with Crippen LogP contribution in [0.25, 0.3) is 0 Å². The summed E-state index contributed by atoms with van der Waals surface area (Å²) in [6.07, 6.45) is 1.55. The highest BCUT2D eigenvalue weighted by Crippen LogP contribution is 2.10. The lowest BCUT2D eigenvalue weighted by Crippen LogP contribution is -2.48. The Balaban J connectivity index is 1.90. The van der Waals surface area contributed by atoms with Gasteiger partial charge < -0.3 is 9.80 Å². The van der Waals surface area contributed by atoms with Crippen molar-refractivity contribution < 1.29 is 17.6 Å². The molecule has 1 aliphatic rings. The molecule has 0 unspecified atom stereocenters. The summed E-state index contributed by atoms with van der Waals surface area (Å²) < 4.78 is 38.9. The van der Waals surface area contributed by atoms with Gasteiger partial charge in [0.05, 0.1) is 6.26 Å². The molecule has 1 saturated heterocycles. The minimum atomic E-state index is -3.45. The van der Waals surface area contributed by atoms with E-state index in [0.29, 0.717) is 18.7 Å². The second-order valence-electron chi connectivity index (χ2n) is 6.44. The van der Waals surface area contributed by atoms with E-state index in [1.54, 1.807) is 23.1 Å². The number of rotatable bonds is 7. The molecule has 0 bridgehead atoms. The van der Waals surface area contributed by atoms with E-state index in [4.69, 9.17) is 0 Å². The highest BCUT2D eigenvalue weighted by atomic mass is 32.2. The van der Waals surface area contributed by atoms with E-state index in [1.165, 1.54) is 10.4 Å². The summed E-state index contributed by atoms with van der Waals surface area (Å²) in [5.74, 6) is -0.378. The molecule has 0 atom stereocenters. The van der Waals surface area contributed by atoms with Gasteiger partial charge in [-0.1, -0.05) is 18.2 Å². The van der Waals surface area contributed by atoms with Crippen LogP contribution < -0.4 is 0 Å². The van der Waals surface area contributed by atoms with Crippen molar-refractivity contribution in [2.24, 2.45) is 0 Å². The lowest BCUT2D eigenvalue weighted by molar-refractivity contribution is -0.132. The number of amides is 1. The van der Waals surface area contributed by atoms with Gasteiger partial charge >= 0.3 is 0 Å². The average molecular weight is 371 g/mol. The molecule has 2 rings (SSSR count). The minimum absolute atomic E-state index is 0.0346. The minimum Gasteiger partial charge on any atom is -0.340 e.